The van der Waals surface area contributed by atoms with Crippen molar-refractivity contribution in [2.45, 2.75) is 6.54 Å². The molecule has 0 amide bonds. The van der Waals surface area contributed by atoms with Crippen LogP contribution in [0.15, 0.2) is 45.9 Å². The van der Waals surface area contributed by atoms with E-state index in [0.717, 1.165) is 44.2 Å². The van der Waals surface area contributed by atoms with E-state index in [9.17, 15) is 0 Å². The Labute approximate surface area is 158 Å². The molecule has 0 unspecified atom stereocenters. The molecule has 1 aromatic carbocycles. The van der Waals surface area contributed by atoms with E-state index in [0.29, 0.717) is 5.76 Å². The number of hydrogen-bond donors (Lipinski definition) is 2. The summed E-state index contributed by atoms with van der Waals surface area (Å²) in [5.74, 6) is 2.47. The molecule has 3 N–H and O–H groups in total. The number of anilines is 1. The molecule has 8 heteroatoms. The van der Waals surface area contributed by atoms with Crippen LogP contribution in [0.25, 0.3) is 0 Å². The minimum atomic E-state index is 0.127. The molecule has 7 nitrogen and oxygen atoms in total. The summed E-state index contributed by atoms with van der Waals surface area (Å²) in [6.07, 6.45) is 1.56. The minimum Gasteiger partial charge on any atom is -0.497 e. The van der Waals surface area contributed by atoms with E-state index in [-0.39, 0.29) is 5.11 Å². The topological polar surface area (TPSA) is 79.3 Å². The number of methoxy groups -OCH3 is 1. The number of nitrogens with one attached hydrogen (secondary N) is 1. The number of piperazine rings is 1. The van der Waals surface area contributed by atoms with Gasteiger partial charge in [0.2, 0.25) is 0 Å². The van der Waals surface area contributed by atoms with Crippen molar-refractivity contribution in [1.29, 1.82) is 0 Å². The van der Waals surface area contributed by atoms with Crippen LogP contribution < -0.4 is 20.8 Å². The van der Waals surface area contributed by atoms with Gasteiger partial charge in [0.05, 0.1) is 19.9 Å². The summed E-state index contributed by atoms with van der Waals surface area (Å²) < 4.78 is 11.1. The van der Waals surface area contributed by atoms with Crippen LogP contribution in [-0.2, 0) is 6.54 Å². The predicted octanol–water partition coefficient (Wildman–Crippen LogP) is 1.78. The maximum absolute atomic E-state index is 5.76. The van der Waals surface area contributed by atoms with E-state index >= 15 is 0 Å². The zero-order valence-corrected chi connectivity index (χ0v) is 15.5. The number of nitrogens with two attached hydrogens (primary N) is 1. The minimum absolute atomic E-state index is 0.127. The summed E-state index contributed by atoms with van der Waals surface area (Å²) in [5, 5.41) is 4.02. The van der Waals surface area contributed by atoms with Gasteiger partial charge < -0.3 is 19.8 Å². The average Bonchev–Trinajstić information content (AvgIpc) is 3.09. The molecule has 1 saturated heterocycles. The highest BCUT2D eigenvalue weighted by atomic mass is 32.1. The lowest BCUT2D eigenvalue weighted by atomic mass is 10.2. The van der Waals surface area contributed by atoms with E-state index in [2.05, 4.69) is 44.7 Å². The van der Waals surface area contributed by atoms with Crippen LogP contribution in [0.3, 0.4) is 0 Å². The SMILES string of the molecule is COc1cccc(N2CCN(Cc3ccc(/C=N/NC(N)=S)o3)CC2)c1. The lowest BCUT2D eigenvalue weighted by Crippen LogP contribution is -2.45. The first kappa shape index (κ1) is 18.2. The van der Waals surface area contributed by atoms with Crippen LogP contribution in [-0.4, -0.2) is 49.5 Å². The van der Waals surface area contributed by atoms with Crippen molar-refractivity contribution >= 4 is 29.2 Å². The molecule has 1 aromatic heterocycles. The lowest BCUT2D eigenvalue weighted by molar-refractivity contribution is 0.230. The summed E-state index contributed by atoms with van der Waals surface area (Å²) in [7, 11) is 1.69. The monoisotopic (exact) mass is 373 g/mol. The molecule has 0 spiro atoms. The average molecular weight is 373 g/mol. The molecule has 0 bridgehead atoms. The number of nitrogens with zero attached hydrogens (tertiary/aromatic N) is 3. The summed E-state index contributed by atoms with van der Waals surface area (Å²) in [6.45, 7) is 4.68. The second kappa shape index (κ2) is 8.68. The maximum atomic E-state index is 5.76. The first-order chi connectivity index (χ1) is 12.6. The first-order valence-corrected chi connectivity index (χ1v) is 8.83. The number of thiocarbonyl (C=S) groups is 1. The van der Waals surface area contributed by atoms with E-state index in [4.69, 9.17) is 14.9 Å². The number of rotatable bonds is 6. The number of furan rings is 1. The molecule has 1 fully saturated rings. The summed E-state index contributed by atoms with van der Waals surface area (Å²) >= 11 is 4.69. The Kier molecular flexibility index (Phi) is 6.08. The predicted molar refractivity (Wildman–Crippen MR) is 107 cm³/mol. The number of hydrogen-bond acceptors (Lipinski definition) is 6. The van der Waals surface area contributed by atoms with Crippen LogP contribution in [0.1, 0.15) is 11.5 Å². The van der Waals surface area contributed by atoms with Gasteiger partial charge in [-0.2, -0.15) is 5.10 Å². The van der Waals surface area contributed by atoms with Gasteiger partial charge in [-0.3, -0.25) is 10.3 Å². The lowest BCUT2D eigenvalue weighted by Gasteiger charge is -2.35. The fourth-order valence-corrected chi connectivity index (χ4v) is 2.95. The zero-order valence-electron chi connectivity index (χ0n) is 14.7. The summed E-state index contributed by atoms with van der Waals surface area (Å²) in [6, 6.07) is 12.0. The number of ether oxygens (including phenoxy) is 1. The highest BCUT2D eigenvalue weighted by Crippen LogP contribution is 2.22. The molecule has 3 rings (SSSR count). The van der Waals surface area contributed by atoms with Gasteiger partial charge in [0.25, 0.3) is 0 Å². The van der Waals surface area contributed by atoms with Gasteiger partial charge >= 0.3 is 0 Å². The van der Waals surface area contributed by atoms with Crippen molar-refractivity contribution in [2.24, 2.45) is 10.8 Å². The van der Waals surface area contributed by atoms with Gasteiger partial charge in [-0.15, -0.1) is 0 Å². The van der Waals surface area contributed by atoms with Crippen molar-refractivity contribution in [3.05, 3.63) is 47.9 Å². The quantitative estimate of drug-likeness (QED) is 0.454. The fraction of sp³-hybridized carbons (Fsp3) is 0.333. The Bertz CT molecular complexity index is 768. The van der Waals surface area contributed by atoms with Crippen LogP contribution in [0, 0.1) is 0 Å². The van der Waals surface area contributed by atoms with Crippen molar-refractivity contribution < 1.29 is 9.15 Å². The Morgan fingerprint density at radius 2 is 2.12 bits per heavy atom. The molecule has 0 saturated carbocycles. The largest absolute Gasteiger partial charge is 0.497 e. The zero-order chi connectivity index (χ0) is 18.4. The molecular formula is C18H23N5O2S. The van der Waals surface area contributed by atoms with Crippen molar-refractivity contribution in [3.63, 3.8) is 0 Å². The Morgan fingerprint density at radius 3 is 2.85 bits per heavy atom. The molecular weight excluding hydrogens is 350 g/mol. The smallest absolute Gasteiger partial charge is 0.184 e. The van der Waals surface area contributed by atoms with Crippen molar-refractivity contribution in [3.8, 4) is 5.75 Å². The normalized spacial score (nSPS) is 15.3. The maximum Gasteiger partial charge on any atom is 0.184 e. The second-order valence-corrected chi connectivity index (χ2v) is 6.44. The molecule has 0 aliphatic carbocycles. The van der Waals surface area contributed by atoms with Crippen LogP contribution in [0.2, 0.25) is 0 Å². The molecule has 2 aromatic rings. The second-order valence-electron chi connectivity index (χ2n) is 6.00. The highest BCUT2D eigenvalue weighted by Gasteiger charge is 2.18. The Hall–Kier alpha value is -2.58. The van der Waals surface area contributed by atoms with Gasteiger partial charge in [-0.05, 0) is 36.5 Å². The molecule has 26 heavy (non-hydrogen) atoms. The first-order valence-electron chi connectivity index (χ1n) is 8.42. The summed E-state index contributed by atoms with van der Waals surface area (Å²) in [5.41, 5.74) is 9.02. The van der Waals surface area contributed by atoms with E-state index < -0.39 is 0 Å². The van der Waals surface area contributed by atoms with Gasteiger partial charge in [0.15, 0.2) is 5.11 Å². The fourth-order valence-electron chi connectivity index (χ4n) is 2.90. The van der Waals surface area contributed by atoms with Crippen LogP contribution in [0.4, 0.5) is 5.69 Å². The van der Waals surface area contributed by atoms with E-state index in [1.165, 1.54) is 5.69 Å². The van der Waals surface area contributed by atoms with Gasteiger partial charge in [-0.1, -0.05) is 6.07 Å². The van der Waals surface area contributed by atoms with Gasteiger partial charge in [-0.25, -0.2) is 0 Å². The van der Waals surface area contributed by atoms with E-state index in [1.54, 1.807) is 13.3 Å². The molecule has 0 atom stereocenters. The van der Waals surface area contributed by atoms with Crippen molar-refractivity contribution in [1.82, 2.24) is 10.3 Å². The highest BCUT2D eigenvalue weighted by molar-refractivity contribution is 7.80. The molecule has 1 aliphatic heterocycles. The third-order valence-corrected chi connectivity index (χ3v) is 4.31. The number of hydrazone groups is 1. The molecule has 0 radical (unpaired) electrons. The third kappa shape index (κ3) is 4.96. The molecule has 2 heterocycles. The molecule has 1 aliphatic rings. The van der Waals surface area contributed by atoms with Crippen LogP contribution in [0.5, 0.6) is 5.75 Å². The number of benzene rings is 1. The Balaban J connectivity index is 1.50. The van der Waals surface area contributed by atoms with E-state index in [1.807, 2.05) is 24.3 Å². The standard InChI is InChI=1S/C18H23N5O2S/c1-24-15-4-2-3-14(11-15)23-9-7-22(8-10-23)13-17-6-5-16(25-17)12-20-21-18(19)26/h2-6,11-12H,7-10,13H2,1H3,(H3,19,21,26)/b20-12+. The molecule has 138 valence electrons. The summed E-state index contributed by atoms with van der Waals surface area (Å²) in [4.78, 5) is 4.75. The van der Waals surface area contributed by atoms with Gasteiger partial charge in [0.1, 0.15) is 17.3 Å². The van der Waals surface area contributed by atoms with Crippen molar-refractivity contribution in [2.75, 3.05) is 38.2 Å². The third-order valence-electron chi connectivity index (χ3n) is 4.22. The van der Waals surface area contributed by atoms with Crippen LogP contribution >= 0.6 is 12.2 Å². The Morgan fingerprint density at radius 1 is 1.31 bits per heavy atom. The van der Waals surface area contributed by atoms with Gasteiger partial charge in [0, 0.05) is 37.9 Å².